The third-order valence-electron chi connectivity index (χ3n) is 5.71. The van der Waals surface area contributed by atoms with E-state index in [1.165, 1.54) is 30.5 Å². The Bertz CT molecular complexity index is 1020. The second-order valence-electron chi connectivity index (χ2n) is 7.44. The number of carbonyl (C=O) groups excluding carboxylic acids is 1. The van der Waals surface area contributed by atoms with Crippen molar-refractivity contribution in [1.82, 2.24) is 10.3 Å². The summed E-state index contributed by atoms with van der Waals surface area (Å²) >= 11 is 0. The Labute approximate surface area is 156 Å². The van der Waals surface area contributed by atoms with Gasteiger partial charge in [-0.15, -0.1) is 0 Å². The summed E-state index contributed by atoms with van der Waals surface area (Å²) in [7, 11) is 0. The molecule has 4 nitrogen and oxygen atoms in total. The number of nitrogens with one attached hydrogen (secondary N) is 2. The quantitative estimate of drug-likeness (QED) is 0.718. The molecule has 2 N–H and O–H groups in total. The van der Waals surface area contributed by atoms with Crippen molar-refractivity contribution in [2.45, 2.75) is 25.4 Å². The zero-order chi connectivity index (χ0) is 18.4. The van der Waals surface area contributed by atoms with Crippen molar-refractivity contribution in [1.29, 1.82) is 0 Å². The number of benzene rings is 2. The molecule has 2 aromatic carbocycles. The lowest BCUT2D eigenvalue weighted by molar-refractivity contribution is 0.0742. The molecule has 0 spiro atoms. The minimum atomic E-state index is -0.410. The van der Waals surface area contributed by atoms with Gasteiger partial charge in [0.05, 0.1) is 12.3 Å². The van der Waals surface area contributed by atoms with Crippen molar-refractivity contribution in [3.05, 3.63) is 58.9 Å². The minimum absolute atomic E-state index is 0.0136. The highest BCUT2D eigenvalue weighted by Crippen LogP contribution is 2.36. The Morgan fingerprint density at radius 3 is 2.74 bits per heavy atom. The fraction of sp³-hybridized carbons (Fsp3) is 0.318. The maximum atomic E-state index is 14.0. The van der Waals surface area contributed by atoms with Gasteiger partial charge in [0.2, 0.25) is 0 Å². The molecule has 0 aliphatic carbocycles. The van der Waals surface area contributed by atoms with Crippen LogP contribution in [0.5, 0.6) is 0 Å². The number of hydrogen-bond donors (Lipinski definition) is 2. The Morgan fingerprint density at radius 1 is 1.11 bits per heavy atom. The van der Waals surface area contributed by atoms with E-state index in [0.717, 1.165) is 35.3 Å². The highest BCUT2D eigenvalue weighted by molar-refractivity contribution is 6.11. The van der Waals surface area contributed by atoms with Gasteiger partial charge in [0, 0.05) is 28.6 Å². The fourth-order valence-electron chi connectivity index (χ4n) is 4.36. The van der Waals surface area contributed by atoms with Crippen molar-refractivity contribution in [3.8, 4) is 11.3 Å². The van der Waals surface area contributed by atoms with Crippen LogP contribution in [-0.4, -0.2) is 30.5 Å². The molecule has 1 saturated heterocycles. The number of Topliss-reactive ketones (excluding diaryl/α,β-unsaturated/α-hetero) is 1. The van der Waals surface area contributed by atoms with Crippen LogP contribution in [0.15, 0.2) is 36.4 Å². The predicted molar refractivity (Wildman–Crippen MR) is 103 cm³/mol. The van der Waals surface area contributed by atoms with Crippen LogP contribution in [0.2, 0.25) is 0 Å². The molecule has 27 heavy (non-hydrogen) atoms. The molecule has 0 amide bonds. The highest BCUT2D eigenvalue weighted by atomic mass is 19.1. The maximum absolute atomic E-state index is 14.0. The van der Waals surface area contributed by atoms with Crippen molar-refractivity contribution in [2.24, 2.45) is 0 Å². The predicted octanol–water partition coefficient (Wildman–Crippen LogP) is 4.15. The second-order valence-corrected chi connectivity index (χ2v) is 7.44. The zero-order valence-electron chi connectivity index (χ0n) is 15.0. The smallest absolute Gasteiger partial charge is 0.189 e. The minimum Gasteiger partial charge on any atom is -0.369 e. The Kier molecular flexibility index (Phi) is 4.06. The Balaban J connectivity index is 1.59. The van der Waals surface area contributed by atoms with E-state index in [0.29, 0.717) is 23.6 Å². The molecule has 3 aromatic rings. The molecule has 5 heteroatoms. The van der Waals surface area contributed by atoms with Crippen molar-refractivity contribution in [2.75, 3.05) is 19.7 Å². The van der Waals surface area contributed by atoms with Gasteiger partial charge in [-0.1, -0.05) is 24.3 Å². The summed E-state index contributed by atoms with van der Waals surface area (Å²) in [5, 5.41) is 4.24. The molecule has 1 aromatic heterocycles. The van der Waals surface area contributed by atoms with E-state index < -0.39 is 5.82 Å². The van der Waals surface area contributed by atoms with Crippen LogP contribution in [0.4, 0.5) is 4.39 Å². The Morgan fingerprint density at radius 2 is 1.96 bits per heavy atom. The summed E-state index contributed by atoms with van der Waals surface area (Å²) in [5.74, 6) is -0.0325. The topological polar surface area (TPSA) is 54.1 Å². The van der Waals surface area contributed by atoms with Gasteiger partial charge in [-0.05, 0) is 48.6 Å². The lowest BCUT2D eigenvalue weighted by Gasteiger charge is -2.23. The van der Waals surface area contributed by atoms with Gasteiger partial charge in [0.15, 0.2) is 5.78 Å². The number of aromatic nitrogens is 1. The molecule has 0 bridgehead atoms. The first kappa shape index (κ1) is 16.7. The summed E-state index contributed by atoms with van der Waals surface area (Å²) in [6.07, 6.45) is 2.42. The molecular weight excluding hydrogens is 343 g/mol. The van der Waals surface area contributed by atoms with Gasteiger partial charge in [-0.2, -0.15) is 0 Å². The Hall–Kier alpha value is -2.50. The first-order valence-electron chi connectivity index (χ1n) is 9.47. The van der Waals surface area contributed by atoms with Gasteiger partial charge in [-0.25, -0.2) is 4.39 Å². The van der Waals surface area contributed by atoms with Gasteiger partial charge in [0.1, 0.15) is 12.4 Å². The van der Waals surface area contributed by atoms with Gasteiger partial charge < -0.3 is 15.0 Å². The lowest BCUT2D eigenvalue weighted by Crippen LogP contribution is -2.28. The monoisotopic (exact) mass is 364 g/mol. The van der Waals surface area contributed by atoms with Crippen LogP contribution in [0.25, 0.3) is 22.2 Å². The molecule has 2 aliphatic heterocycles. The maximum Gasteiger partial charge on any atom is 0.189 e. The standard InChI is InChI=1S/C22H21FN2O2/c23-16-8-17-20(26)12-27-11-18-21(17)19(9-16)25-22(18)14-5-3-13(4-6-14)15-2-1-7-24-10-15/h3-6,8-9,15,24-25H,1-2,7,10-12H2/t15-/m0/s1. The largest absolute Gasteiger partial charge is 0.369 e. The lowest BCUT2D eigenvalue weighted by atomic mass is 9.90. The molecule has 138 valence electrons. The normalized spacial score (nSPS) is 20.0. The fourth-order valence-corrected chi connectivity index (χ4v) is 4.36. The van der Waals surface area contributed by atoms with E-state index in [1.54, 1.807) is 0 Å². The van der Waals surface area contributed by atoms with E-state index in [-0.39, 0.29) is 12.4 Å². The van der Waals surface area contributed by atoms with E-state index in [9.17, 15) is 9.18 Å². The number of carbonyl (C=O) groups is 1. The number of halogens is 1. The number of piperidine rings is 1. The summed E-state index contributed by atoms with van der Waals surface area (Å²) < 4.78 is 19.6. The molecule has 0 saturated carbocycles. The number of hydrogen-bond acceptors (Lipinski definition) is 3. The summed E-state index contributed by atoms with van der Waals surface area (Å²) in [6.45, 7) is 2.45. The molecule has 1 atom stereocenters. The molecule has 2 aliphatic rings. The van der Waals surface area contributed by atoms with Crippen LogP contribution in [0, 0.1) is 5.82 Å². The number of aromatic amines is 1. The summed E-state index contributed by atoms with van der Waals surface area (Å²) in [4.78, 5) is 15.6. The molecule has 1 fully saturated rings. The second kappa shape index (κ2) is 6.59. The molecule has 0 unspecified atom stereocenters. The van der Waals surface area contributed by atoms with Crippen molar-refractivity contribution < 1.29 is 13.9 Å². The molecule has 0 radical (unpaired) electrons. The van der Waals surface area contributed by atoms with Gasteiger partial charge >= 0.3 is 0 Å². The summed E-state index contributed by atoms with van der Waals surface area (Å²) in [6, 6.07) is 11.3. The van der Waals surface area contributed by atoms with Crippen LogP contribution < -0.4 is 5.32 Å². The average molecular weight is 364 g/mol. The van der Waals surface area contributed by atoms with Gasteiger partial charge in [-0.3, -0.25) is 4.79 Å². The first-order valence-corrected chi connectivity index (χ1v) is 9.47. The summed E-state index contributed by atoms with van der Waals surface area (Å²) in [5.41, 5.74) is 5.25. The first-order chi connectivity index (χ1) is 13.2. The van der Waals surface area contributed by atoms with Crippen molar-refractivity contribution in [3.63, 3.8) is 0 Å². The van der Waals surface area contributed by atoms with Crippen LogP contribution in [0.1, 0.15) is 40.2 Å². The number of H-pyrrole nitrogens is 1. The third kappa shape index (κ3) is 2.87. The number of ether oxygens (including phenoxy) is 1. The van der Waals surface area contributed by atoms with Crippen LogP contribution in [0.3, 0.4) is 0 Å². The SMILES string of the molecule is O=C1COCc2c(-c3ccc([C@H]4CCCNC4)cc3)[nH]c3cc(F)cc1c23. The van der Waals surface area contributed by atoms with Gasteiger partial charge in [0.25, 0.3) is 0 Å². The zero-order valence-corrected chi connectivity index (χ0v) is 15.0. The van der Waals surface area contributed by atoms with E-state index in [1.807, 2.05) is 0 Å². The van der Waals surface area contributed by atoms with E-state index in [4.69, 9.17) is 4.74 Å². The number of rotatable bonds is 2. The number of ketones is 1. The van der Waals surface area contributed by atoms with Crippen molar-refractivity contribution >= 4 is 16.7 Å². The molecular formula is C22H21FN2O2. The van der Waals surface area contributed by atoms with E-state index in [2.05, 4.69) is 34.6 Å². The average Bonchev–Trinajstić information content (AvgIpc) is 2.97. The highest BCUT2D eigenvalue weighted by Gasteiger charge is 2.24. The van der Waals surface area contributed by atoms with Crippen LogP contribution >= 0.6 is 0 Å². The van der Waals surface area contributed by atoms with Crippen LogP contribution in [-0.2, 0) is 11.3 Å². The molecule has 5 rings (SSSR count). The molecule has 3 heterocycles. The third-order valence-corrected chi connectivity index (χ3v) is 5.71. The van der Waals surface area contributed by atoms with E-state index >= 15 is 0 Å².